The van der Waals surface area contributed by atoms with Gasteiger partial charge in [-0.05, 0) is 30.7 Å². The first-order chi connectivity index (χ1) is 13.7. The molecule has 1 saturated heterocycles. The van der Waals surface area contributed by atoms with Gasteiger partial charge in [-0.15, -0.1) is 6.42 Å². The third-order valence-electron chi connectivity index (χ3n) is 4.12. The van der Waals surface area contributed by atoms with Gasteiger partial charge in [-0.25, -0.2) is 4.98 Å². The molecule has 2 aromatic rings. The highest BCUT2D eigenvalue weighted by Gasteiger charge is 2.25. The molecule has 29 heavy (non-hydrogen) atoms. The lowest BCUT2D eigenvalue weighted by atomic mass is 10.1. The summed E-state index contributed by atoms with van der Waals surface area (Å²) in [4.78, 5) is 38.8. The fourth-order valence-corrected chi connectivity index (χ4v) is 2.65. The zero-order valence-electron chi connectivity index (χ0n) is 16.2. The number of aliphatic hydroxyl groups excluding tert-OH is 1. The summed E-state index contributed by atoms with van der Waals surface area (Å²) in [6.45, 7) is 2.07. The SMILES string of the molecule is C#Cc1cccc(-c2cc(NC(C)=O)cc(C(N)=O)n2)c1.CN1CC[C@H](O)C1=O. The summed E-state index contributed by atoms with van der Waals surface area (Å²) in [6, 6.07) is 10.2. The molecule has 1 aromatic heterocycles. The average molecular weight is 394 g/mol. The Morgan fingerprint density at radius 1 is 1.34 bits per heavy atom. The second kappa shape index (κ2) is 9.48. The lowest BCUT2D eigenvalue weighted by Gasteiger charge is -2.08. The van der Waals surface area contributed by atoms with Crippen LogP contribution in [0.5, 0.6) is 0 Å². The van der Waals surface area contributed by atoms with Crippen molar-refractivity contribution in [2.24, 2.45) is 5.73 Å². The van der Waals surface area contributed by atoms with Crippen LogP contribution in [0.2, 0.25) is 0 Å². The van der Waals surface area contributed by atoms with Gasteiger partial charge in [0, 0.05) is 37.3 Å². The summed E-state index contributed by atoms with van der Waals surface area (Å²) >= 11 is 0. The minimum atomic E-state index is -0.722. The van der Waals surface area contributed by atoms with Crippen molar-refractivity contribution in [3.05, 3.63) is 47.7 Å². The number of aliphatic hydroxyl groups is 1. The summed E-state index contributed by atoms with van der Waals surface area (Å²) in [5, 5.41) is 11.4. The van der Waals surface area contributed by atoms with Gasteiger partial charge in [0.2, 0.25) is 5.91 Å². The monoisotopic (exact) mass is 394 g/mol. The smallest absolute Gasteiger partial charge is 0.267 e. The Kier molecular flexibility index (Phi) is 7.06. The molecule has 8 nitrogen and oxygen atoms in total. The van der Waals surface area contributed by atoms with Crippen LogP contribution in [0.25, 0.3) is 11.3 Å². The Balaban J connectivity index is 0.000000313. The number of nitrogens with two attached hydrogens (primary N) is 1. The van der Waals surface area contributed by atoms with Gasteiger partial charge in [-0.2, -0.15) is 0 Å². The maximum atomic E-state index is 11.4. The molecule has 3 amide bonds. The fourth-order valence-electron chi connectivity index (χ4n) is 2.65. The molecule has 1 atom stereocenters. The lowest BCUT2D eigenvalue weighted by molar-refractivity contribution is -0.133. The molecule has 1 fully saturated rings. The number of anilines is 1. The quantitative estimate of drug-likeness (QED) is 0.670. The van der Waals surface area contributed by atoms with E-state index in [1.54, 1.807) is 31.3 Å². The number of nitrogens with one attached hydrogen (secondary N) is 1. The number of rotatable bonds is 3. The van der Waals surface area contributed by atoms with Crippen molar-refractivity contribution in [2.45, 2.75) is 19.4 Å². The van der Waals surface area contributed by atoms with E-state index in [4.69, 9.17) is 17.3 Å². The summed E-state index contributed by atoms with van der Waals surface area (Å²) in [6.07, 6.45) is 5.24. The zero-order chi connectivity index (χ0) is 21.6. The minimum absolute atomic E-state index is 0.0716. The van der Waals surface area contributed by atoms with Crippen molar-refractivity contribution in [3.8, 4) is 23.6 Å². The van der Waals surface area contributed by atoms with Gasteiger partial charge < -0.3 is 21.1 Å². The number of nitrogens with zero attached hydrogens (tertiary/aromatic N) is 2. The number of terminal acetylenes is 1. The van der Waals surface area contributed by atoms with Crippen LogP contribution in [0.4, 0.5) is 5.69 Å². The van der Waals surface area contributed by atoms with Crippen LogP contribution >= 0.6 is 0 Å². The Labute approximate surface area is 168 Å². The van der Waals surface area contributed by atoms with Crippen molar-refractivity contribution < 1.29 is 19.5 Å². The van der Waals surface area contributed by atoms with Crippen molar-refractivity contribution in [3.63, 3.8) is 0 Å². The van der Waals surface area contributed by atoms with Gasteiger partial charge in [0.25, 0.3) is 11.8 Å². The number of hydrogen-bond acceptors (Lipinski definition) is 5. The molecule has 1 aromatic carbocycles. The van der Waals surface area contributed by atoms with Crippen molar-refractivity contribution in [1.82, 2.24) is 9.88 Å². The van der Waals surface area contributed by atoms with E-state index in [9.17, 15) is 14.4 Å². The molecular weight excluding hydrogens is 372 g/mol. The number of likely N-dealkylation sites (tertiary alicyclic amines) is 1. The number of benzene rings is 1. The fraction of sp³-hybridized carbons (Fsp3) is 0.238. The van der Waals surface area contributed by atoms with E-state index in [1.807, 2.05) is 6.07 Å². The van der Waals surface area contributed by atoms with Crippen LogP contribution in [0, 0.1) is 12.3 Å². The van der Waals surface area contributed by atoms with E-state index in [0.717, 1.165) is 5.56 Å². The van der Waals surface area contributed by atoms with Crippen LogP contribution in [0.1, 0.15) is 29.4 Å². The molecule has 0 saturated carbocycles. The molecule has 8 heteroatoms. The Morgan fingerprint density at radius 2 is 2.07 bits per heavy atom. The molecule has 1 aliphatic rings. The molecule has 0 aliphatic carbocycles. The van der Waals surface area contributed by atoms with E-state index >= 15 is 0 Å². The Morgan fingerprint density at radius 3 is 2.55 bits per heavy atom. The van der Waals surface area contributed by atoms with Gasteiger partial charge in [-0.3, -0.25) is 14.4 Å². The zero-order valence-corrected chi connectivity index (χ0v) is 16.2. The second-order valence-corrected chi connectivity index (χ2v) is 6.46. The molecule has 1 aliphatic heterocycles. The topological polar surface area (TPSA) is 126 Å². The van der Waals surface area contributed by atoms with Crippen LogP contribution in [0.15, 0.2) is 36.4 Å². The average Bonchev–Trinajstić information content (AvgIpc) is 2.98. The number of pyridine rings is 1. The molecule has 0 unspecified atom stereocenters. The number of amides is 3. The van der Waals surface area contributed by atoms with Gasteiger partial charge in [-0.1, -0.05) is 18.1 Å². The Hall–Kier alpha value is -3.70. The third-order valence-corrected chi connectivity index (χ3v) is 4.12. The van der Waals surface area contributed by atoms with E-state index in [2.05, 4.69) is 16.2 Å². The predicted octanol–water partition coefficient (Wildman–Crippen LogP) is 0.997. The van der Waals surface area contributed by atoms with Crippen molar-refractivity contribution in [1.29, 1.82) is 0 Å². The molecule has 150 valence electrons. The van der Waals surface area contributed by atoms with E-state index in [-0.39, 0.29) is 17.5 Å². The lowest BCUT2D eigenvalue weighted by Crippen LogP contribution is -2.24. The second-order valence-electron chi connectivity index (χ2n) is 6.46. The van der Waals surface area contributed by atoms with E-state index < -0.39 is 12.0 Å². The maximum Gasteiger partial charge on any atom is 0.267 e. The van der Waals surface area contributed by atoms with Gasteiger partial charge in [0.15, 0.2) is 0 Å². The highest BCUT2D eigenvalue weighted by Crippen LogP contribution is 2.22. The first kappa shape index (κ1) is 21.6. The highest BCUT2D eigenvalue weighted by molar-refractivity contribution is 5.95. The van der Waals surface area contributed by atoms with Gasteiger partial charge in [0.1, 0.15) is 11.8 Å². The number of primary amides is 1. The number of likely N-dealkylation sites (N-methyl/N-ethyl adjacent to an activating group) is 1. The van der Waals surface area contributed by atoms with Gasteiger partial charge in [0.05, 0.1) is 5.69 Å². The van der Waals surface area contributed by atoms with Crippen molar-refractivity contribution in [2.75, 3.05) is 18.9 Å². The molecule has 4 N–H and O–H groups in total. The first-order valence-electron chi connectivity index (χ1n) is 8.81. The molecule has 0 bridgehead atoms. The maximum absolute atomic E-state index is 11.4. The van der Waals surface area contributed by atoms with Gasteiger partial charge >= 0.3 is 0 Å². The largest absolute Gasteiger partial charge is 0.383 e. The standard InChI is InChI=1S/C16H13N3O2.C5H9NO2/c1-3-11-5-4-6-12(7-11)14-8-13(18-10(2)20)9-15(19-14)16(17)21;1-6-3-2-4(7)5(6)8/h1,4-9H,2H3,(H2,17,21)(H,18,19,20);4,7H,2-3H2,1H3/t;4-/m.0/s1. The van der Waals surface area contributed by atoms with Crippen LogP contribution in [0.3, 0.4) is 0 Å². The van der Waals surface area contributed by atoms with Crippen LogP contribution < -0.4 is 11.1 Å². The first-order valence-corrected chi connectivity index (χ1v) is 8.81. The molecule has 0 radical (unpaired) electrons. The predicted molar refractivity (Wildman–Crippen MR) is 109 cm³/mol. The molecule has 0 spiro atoms. The Bertz CT molecular complexity index is 969. The number of carbonyl (C=O) groups is 3. The number of aromatic nitrogens is 1. The number of hydrogen-bond donors (Lipinski definition) is 3. The summed E-state index contributed by atoms with van der Waals surface area (Å²) in [5.74, 6) is 1.46. The van der Waals surface area contributed by atoms with E-state index in [0.29, 0.717) is 29.9 Å². The third kappa shape index (κ3) is 5.89. The molecular formula is C21H22N4O4. The molecule has 3 rings (SSSR count). The van der Waals surface area contributed by atoms with Crippen LogP contribution in [-0.4, -0.2) is 52.4 Å². The van der Waals surface area contributed by atoms with Crippen LogP contribution in [-0.2, 0) is 9.59 Å². The normalized spacial score (nSPS) is 15.2. The highest BCUT2D eigenvalue weighted by atomic mass is 16.3. The number of carbonyl (C=O) groups excluding carboxylic acids is 3. The van der Waals surface area contributed by atoms with Crippen molar-refractivity contribution >= 4 is 23.4 Å². The summed E-state index contributed by atoms with van der Waals surface area (Å²) < 4.78 is 0. The van der Waals surface area contributed by atoms with E-state index in [1.165, 1.54) is 17.9 Å². The minimum Gasteiger partial charge on any atom is -0.383 e. The molecule has 2 heterocycles. The summed E-state index contributed by atoms with van der Waals surface area (Å²) in [7, 11) is 1.69. The summed E-state index contributed by atoms with van der Waals surface area (Å²) in [5.41, 5.74) is 7.73.